The van der Waals surface area contributed by atoms with E-state index in [1.54, 1.807) is 18.4 Å². The Hall–Kier alpha value is -1.92. The Bertz CT molecular complexity index is 733. The Morgan fingerprint density at radius 1 is 1.44 bits per heavy atom. The first-order chi connectivity index (χ1) is 13.1. The van der Waals surface area contributed by atoms with E-state index in [0.717, 1.165) is 43.2 Å². The highest BCUT2D eigenvalue weighted by Gasteiger charge is 2.31. The van der Waals surface area contributed by atoms with E-state index in [9.17, 15) is 4.79 Å². The summed E-state index contributed by atoms with van der Waals surface area (Å²) in [6.07, 6.45) is 4.07. The molecule has 1 amide bonds. The van der Waals surface area contributed by atoms with E-state index in [-0.39, 0.29) is 17.9 Å². The van der Waals surface area contributed by atoms with Gasteiger partial charge in [0.05, 0.1) is 13.2 Å². The Morgan fingerprint density at radius 3 is 3.00 bits per heavy atom. The number of nitrogens with zero attached hydrogens (tertiary/aromatic N) is 2. The van der Waals surface area contributed by atoms with Crippen molar-refractivity contribution in [3.8, 4) is 5.75 Å². The van der Waals surface area contributed by atoms with Crippen molar-refractivity contribution >= 4 is 17.2 Å². The highest BCUT2D eigenvalue weighted by molar-refractivity contribution is 7.09. The number of nitrogens with one attached hydrogen (secondary N) is 1. The van der Waals surface area contributed by atoms with Crippen molar-refractivity contribution in [2.45, 2.75) is 39.3 Å². The first kappa shape index (κ1) is 19.8. The number of carbonyl (C=O) groups excluding carboxylic acids is 1. The molecule has 1 aliphatic rings. The smallest absolute Gasteiger partial charge is 0.223 e. The van der Waals surface area contributed by atoms with Crippen LogP contribution in [-0.4, -0.2) is 36.0 Å². The van der Waals surface area contributed by atoms with Gasteiger partial charge in [-0.2, -0.15) is 0 Å². The number of hydrogen-bond donors (Lipinski definition) is 1. The highest BCUT2D eigenvalue weighted by atomic mass is 32.1. The number of rotatable bonds is 7. The molecule has 2 heterocycles. The van der Waals surface area contributed by atoms with Crippen LogP contribution in [0.4, 0.5) is 0 Å². The fraction of sp³-hybridized carbons (Fsp3) is 0.524. The molecule has 2 atom stereocenters. The van der Waals surface area contributed by atoms with Gasteiger partial charge in [-0.15, -0.1) is 11.3 Å². The third-order valence-electron chi connectivity index (χ3n) is 5.09. The maximum absolute atomic E-state index is 12.4. The lowest BCUT2D eigenvalue weighted by atomic mass is 9.90. The average molecular weight is 388 g/mol. The van der Waals surface area contributed by atoms with Crippen molar-refractivity contribution < 1.29 is 9.53 Å². The van der Waals surface area contributed by atoms with Crippen LogP contribution >= 0.6 is 11.3 Å². The van der Waals surface area contributed by atoms with Crippen LogP contribution in [0.3, 0.4) is 0 Å². The Kier molecular flexibility index (Phi) is 6.85. The van der Waals surface area contributed by atoms with Crippen LogP contribution < -0.4 is 10.1 Å². The summed E-state index contributed by atoms with van der Waals surface area (Å²) in [5.74, 6) is 1.34. The maximum Gasteiger partial charge on any atom is 0.223 e. The van der Waals surface area contributed by atoms with E-state index >= 15 is 0 Å². The van der Waals surface area contributed by atoms with E-state index in [1.807, 2.05) is 37.6 Å². The summed E-state index contributed by atoms with van der Waals surface area (Å²) < 4.78 is 5.35. The minimum Gasteiger partial charge on any atom is -0.497 e. The van der Waals surface area contributed by atoms with Crippen LogP contribution in [-0.2, 0) is 11.3 Å². The second kappa shape index (κ2) is 9.33. The second-order valence-electron chi connectivity index (χ2n) is 7.50. The lowest BCUT2D eigenvalue weighted by molar-refractivity contribution is -0.125. The molecule has 1 N–H and O–H groups in total. The second-order valence-corrected chi connectivity index (χ2v) is 8.43. The van der Waals surface area contributed by atoms with Crippen molar-refractivity contribution in [2.24, 2.45) is 11.8 Å². The van der Waals surface area contributed by atoms with Gasteiger partial charge in [-0.25, -0.2) is 4.98 Å². The Labute approximate surface area is 165 Å². The Morgan fingerprint density at radius 2 is 2.30 bits per heavy atom. The fourth-order valence-corrected chi connectivity index (χ4v) is 4.41. The van der Waals surface area contributed by atoms with E-state index < -0.39 is 0 Å². The van der Waals surface area contributed by atoms with Crippen molar-refractivity contribution in [2.75, 3.05) is 20.2 Å². The summed E-state index contributed by atoms with van der Waals surface area (Å²) in [6, 6.07) is 8.25. The molecule has 1 aliphatic heterocycles. The molecule has 1 aromatic heterocycles. The number of carbonyl (C=O) groups is 1. The van der Waals surface area contributed by atoms with E-state index in [4.69, 9.17) is 4.74 Å². The van der Waals surface area contributed by atoms with Gasteiger partial charge in [0.1, 0.15) is 10.8 Å². The van der Waals surface area contributed by atoms with Gasteiger partial charge < -0.3 is 10.1 Å². The van der Waals surface area contributed by atoms with Gasteiger partial charge in [0.25, 0.3) is 0 Å². The highest BCUT2D eigenvalue weighted by Crippen LogP contribution is 2.32. The fourth-order valence-electron chi connectivity index (χ4n) is 3.63. The number of piperidine rings is 1. The van der Waals surface area contributed by atoms with Gasteiger partial charge in [0.15, 0.2) is 0 Å². The van der Waals surface area contributed by atoms with Gasteiger partial charge >= 0.3 is 0 Å². The molecule has 2 aromatic rings. The molecule has 0 radical (unpaired) electrons. The van der Waals surface area contributed by atoms with E-state index in [0.29, 0.717) is 5.92 Å². The molecule has 3 rings (SSSR count). The van der Waals surface area contributed by atoms with Crippen LogP contribution in [0.1, 0.15) is 43.3 Å². The molecule has 0 bridgehead atoms. The van der Waals surface area contributed by atoms with E-state index in [2.05, 4.69) is 27.3 Å². The van der Waals surface area contributed by atoms with Gasteiger partial charge in [-0.1, -0.05) is 26.0 Å². The van der Waals surface area contributed by atoms with Crippen molar-refractivity contribution in [1.29, 1.82) is 0 Å². The predicted molar refractivity (Wildman–Crippen MR) is 109 cm³/mol. The minimum absolute atomic E-state index is 0.00647. The molecule has 1 saturated heterocycles. The van der Waals surface area contributed by atoms with Crippen molar-refractivity contribution in [1.82, 2.24) is 15.2 Å². The summed E-state index contributed by atoms with van der Waals surface area (Å²) in [4.78, 5) is 19.4. The zero-order valence-corrected chi connectivity index (χ0v) is 17.2. The number of thiazole rings is 1. The molecule has 1 fully saturated rings. The lowest BCUT2D eigenvalue weighted by Gasteiger charge is -2.37. The summed E-state index contributed by atoms with van der Waals surface area (Å²) in [7, 11) is 1.70. The average Bonchev–Trinajstić information content (AvgIpc) is 3.20. The molecule has 146 valence electrons. The van der Waals surface area contributed by atoms with Gasteiger partial charge in [0.2, 0.25) is 5.91 Å². The largest absolute Gasteiger partial charge is 0.497 e. The summed E-state index contributed by atoms with van der Waals surface area (Å²) in [6.45, 7) is 6.81. The van der Waals surface area contributed by atoms with Crippen LogP contribution in [0, 0.1) is 11.8 Å². The number of aromatic nitrogens is 1. The van der Waals surface area contributed by atoms with Crippen molar-refractivity contribution in [3.63, 3.8) is 0 Å². The molecule has 0 unspecified atom stereocenters. The number of hydrogen-bond acceptors (Lipinski definition) is 5. The number of methoxy groups -OCH3 is 1. The number of benzene rings is 1. The number of amides is 1. The molecule has 1 aromatic carbocycles. The lowest BCUT2D eigenvalue weighted by Crippen LogP contribution is -2.43. The Balaban J connectivity index is 1.70. The molecule has 0 spiro atoms. The monoisotopic (exact) mass is 387 g/mol. The first-order valence-corrected chi connectivity index (χ1v) is 10.5. The molecule has 0 saturated carbocycles. The van der Waals surface area contributed by atoms with Gasteiger partial charge in [-0.05, 0) is 43.0 Å². The summed E-state index contributed by atoms with van der Waals surface area (Å²) in [5, 5.41) is 6.25. The maximum atomic E-state index is 12.4. The van der Waals surface area contributed by atoms with Gasteiger partial charge in [-0.3, -0.25) is 9.69 Å². The molecule has 5 nitrogen and oxygen atoms in total. The third-order valence-corrected chi connectivity index (χ3v) is 5.95. The van der Waals surface area contributed by atoms with Crippen LogP contribution in [0.25, 0.3) is 0 Å². The SMILES string of the molecule is COc1cccc(CN2CCC[C@@H]([C@@H](NC(=O)C(C)C)c3nccs3)C2)c1. The normalized spacial score (nSPS) is 19.0. The van der Waals surface area contributed by atoms with E-state index in [1.165, 1.54) is 5.56 Å². The molecule has 27 heavy (non-hydrogen) atoms. The van der Waals surface area contributed by atoms with Gasteiger partial charge in [0, 0.05) is 30.6 Å². The minimum atomic E-state index is -0.0241. The standard InChI is InChI=1S/C21H29N3O2S/c1-15(2)20(25)23-19(21-22-9-11-27-21)17-7-5-10-24(14-17)13-16-6-4-8-18(12-16)26-3/h4,6,8-9,11-12,15,17,19H,5,7,10,13-14H2,1-3H3,(H,23,25)/t17-,19-/m1/s1. The van der Waals surface area contributed by atoms with Crippen LogP contribution in [0.2, 0.25) is 0 Å². The number of ether oxygens (including phenoxy) is 1. The van der Waals surface area contributed by atoms with Crippen LogP contribution in [0.5, 0.6) is 5.75 Å². The zero-order valence-electron chi connectivity index (χ0n) is 16.4. The predicted octanol–water partition coefficient (Wildman–Crippen LogP) is 3.88. The molecular formula is C21H29N3O2S. The first-order valence-electron chi connectivity index (χ1n) is 9.62. The van der Waals surface area contributed by atoms with Crippen molar-refractivity contribution in [3.05, 3.63) is 46.4 Å². The zero-order chi connectivity index (χ0) is 19.2. The molecule has 0 aliphatic carbocycles. The quantitative estimate of drug-likeness (QED) is 0.783. The third kappa shape index (κ3) is 5.30. The summed E-state index contributed by atoms with van der Waals surface area (Å²) >= 11 is 1.63. The molecular weight excluding hydrogens is 358 g/mol. The summed E-state index contributed by atoms with van der Waals surface area (Å²) in [5.41, 5.74) is 1.26. The van der Waals surface area contributed by atoms with Crippen LogP contribution in [0.15, 0.2) is 35.8 Å². The number of likely N-dealkylation sites (tertiary alicyclic amines) is 1. The molecule has 6 heteroatoms. The topological polar surface area (TPSA) is 54.5 Å².